The average Bonchev–Trinajstić information content (AvgIpc) is 2.95. The molecule has 102 valence electrons. The molecule has 0 radical (unpaired) electrons. The van der Waals surface area contributed by atoms with Crippen molar-refractivity contribution in [1.29, 1.82) is 0 Å². The van der Waals surface area contributed by atoms with Gasteiger partial charge in [0.15, 0.2) is 5.78 Å². The molecule has 3 aromatic rings. The molecule has 1 aromatic heterocycles. The summed E-state index contributed by atoms with van der Waals surface area (Å²) in [5.74, 6) is -0.0239. The smallest absolute Gasteiger partial charge is 0.178 e. The maximum Gasteiger partial charge on any atom is 0.178 e. The molecule has 0 saturated heterocycles. The van der Waals surface area contributed by atoms with Crippen LogP contribution in [0.2, 0.25) is 0 Å². The minimum absolute atomic E-state index is 0.0239. The van der Waals surface area contributed by atoms with Crippen LogP contribution in [0.25, 0.3) is 23.1 Å². The lowest BCUT2D eigenvalue weighted by Crippen LogP contribution is -1.84. The number of ketones is 1. The summed E-state index contributed by atoms with van der Waals surface area (Å²) in [5, 5.41) is 1.12. The molecule has 0 spiro atoms. The molecule has 21 heavy (non-hydrogen) atoms. The Hall–Kier alpha value is -2.87. The second kappa shape index (κ2) is 6.06. The fraction of sp³-hybridized carbons (Fsp3) is 0. The van der Waals surface area contributed by atoms with E-state index >= 15 is 0 Å². The first kappa shape index (κ1) is 13.1. The summed E-state index contributed by atoms with van der Waals surface area (Å²) in [6.07, 6.45) is 8.75. The average molecular weight is 273 g/mol. The van der Waals surface area contributed by atoms with Crippen molar-refractivity contribution in [2.75, 3.05) is 0 Å². The van der Waals surface area contributed by atoms with Gasteiger partial charge in [-0.05, 0) is 35.4 Å². The molecule has 0 fully saturated rings. The highest BCUT2D eigenvalue weighted by Crippen LogP contribution is 2.18. The highest BCUT2D eigenvalue weighted by molar-refractivity contribution is 6.05. The van der Waals surface area contributed by atoms with Gasteiger partial charge in [-0.25, -0.2) is 0 Å². The van der Waals surface area contributed by atoms with Crippen LogP contribution in [-0.2, 0) is 4.79 Å². The second-order valence-electron chi connectivity index (χ2n) is 4.77. The van der Waals surface area contributed by atoms with Crippen molar-refractivity contribution < 1.29 is 4.79 Å². The third-order valence-corrected chi connectivity index (χ3v) is 3.29. The van der Waals surface area contributed by atoms with Gasteiger partial charge in [0, 0.05) is 17.1 Å². The molecule has 0 amide bonds. The summed E-state index contributed by atoms with van der Waals surface area (Å²) in [6.45, 7) is 0. The molecular formula is C19H15NO. The first-order chi connectivity index (χ1) is 10.3. The van der Waals surface area contributed by atoms with Crippen LogP contribution in [-0.4, -0.2) is 10.8 Å². The number of hydrogen-bond acceptors (Lipinski definition) is 1. The maximum atomic E-state index is 11.9. The van der Waals surface area contributed by atoms with Gasteiger partial charge in [-0.2, -0.15) is 0 Å². The van der Waals surface area contributed by atoms with Crippen molar-refractivity contribution in [3.63, 3.8) is 0 Å². The van der Waals surface area contributed by atoms with E-state index in [0.717, 1.165) is 22.0 Å². The molecule has 0 atom stereocenters. The molecule has 0 aliphatic heterocycles. The Morgan fingerprint density at radius 2 is 1.57 bits per heavy atom. The maximum absolute atomic E-state index is 11.9. The van der Waals surface area contributed by atoms with Gasteiger partial charge < -0.3 is 4.98 Å². The summed E-state index contributed by atoms with van der Waals surface area (Å²) < 4.78 is 0. The van der Waals surface area contributed by atoms with Gasteiger partial charge >= 0.3 is 0 Å². The topological polar surface area (TPSA) is 32.9 Å². The van der Waals surface area contributed by atoms with Crippen LogP contribution < -0.4 is 0 Å². The molecule has 2 nitrogen and oxygen atoms in total. The molecule has 0 aliphatic carbocycles. The normalized spacial score (nSPS) is 11.6. The Morgan fingerprint density at radius 3 is 2.43 bits per heavy atom. The third kappa shape index (κ3) is 3.18. The van der Waals surface area contributed by atoms with E-state index in [0.29, 0.717) is 0 Å². The van der Waals surface area contributed by atoms with Crippen LogP contribution in [0.15, 0.2) is 72.9 Å². The fourth-order valence-electron chi connectivity index (χ4n) is 2.20. The lowest BCUT2D eigenvalue weighted by atomic mass is 10.1. The Kier molecular flexibility index (Phi) is 3.79. The van der Waals surface area contributed by atoms with Crippen molar-refractivity contribution >= 4 is 28.8 Å². The molecule has 1 heterocycles. The molecule has 0 unspecified atom stereocenters. The Balaban J connectivity index is 1.74. The number of H-pyrrole nitrogens is 1. The van der Waals surface area contributed by atoms with E-state index in [4.69, 9.17) is 0 Å². The number of para-hydroxylation sites is 1. The summed E-state index contributed by atoms with van der Waals surface area (Å²) in [6, 6.07) is 17.8. The van der Waals surface area contributed by atoms with Gasteiger partial charge in [-0.15, -0.1) is 0 Å². The van der Waals surface area contributed by atoms with Crippen LogP contribution in [0, 0.1) is 0 Å². The zero-order valence-electron chi connectivity index (χ0n) is 11.5. The number of fused-ring (bicyclic) bond motifs is 1. The predicted octanol–water partition coefficient (Wildman–Crippen LogP) is 4.46. The van der Waals surface area contributed by atoms with E-state index in [9.17, 15) is 4.79 Å². The Labute approximate surface area is 123 Å². The van der Waals surface area contributed by atoms with Crippen LogP contribution >= 0.6 is 0 Å². The molecule has 2 heteroatoms. The number of allylic oxidation sites excluding steroid dienone is 2. The third-order valence-electron chi connectivity index (χ3n) is 3.29. The minimum Gasteiger partial charge on any atom is -0.361 e. The van der Waals surface area contributed by atoms with Gasteiger partial charge in [0.2, 0.25) is 0 Å². The van der Waals surface area contributed by atoms with Crippen LogP contribution in [0.4, 0.5) is 0 Å². The molecular weight excluding hydrogens is 258 g/mol. The van der Waals surface area contributed by atoms with Crippen LogP contribution in [0.1, 0.15) is 11.1 Å². The molecule has 0 aliphatic rings. The van der Waals surface area contributed by atoms with E-state index in [1.54, 1.807) is 12.2 Å². The monoisotopic (exact) mass is 273 g/mol. The first-order valence-corrected chi connectivity index (χ1v) is 6.84. The van der Waals surface area contributed by atoms with Crippen molar-refractivity contribution in [1.82, 2.24) is 4.98 Å². The highest BCUT2D eigenvalue weighted by atomic mass is 16.1. The summed E-state index contributed by atoms with van der Waals surface area (Å²) in [7, 11) is 0. The van der Waals surface area contributed by atoms with Crippen molar-refractivity contribution in [2.24, 2.45) is 0 Å². The lowest BCUT2D eigenvalue weighted by Gasteiger charge is -1.91. The van der Waals surface area contributed by atoms with Gasteiger partial charge in [-0.3, -0.25) is 4.79 Å². The lowest BCUT2D eigenvalue weighted by molar-refractivity contribution is -0.110. The predicted molar refractivity (Wildman–Crippen MR) is 87.8 cm³/mol. The number of aromatic amines is 1. The van der Waals surface area contributed by atoms with E-state index in [1.807, 2.05) is 72.9 Å². The van der Waals surface area contributed by atoms with Crippen LogP contribution in [0.5, 0.6) is 0 Å². The van der Waals surface area contributed by atoms with E-state index < -0.39 is 0 Å². The fourth-order valence-corrected chi connectivity index (χ4v) is 2.20. The van der Waals surface area contributed by atoms with E-state index in [-0.39, 0.29) is 5.78 Å². The number of nitrogens with one attached hydrogen (secondary N) is 1. The molecule has 3 rings (SSSR count). The summed E-state index contributed by atoms with van der Waals surface area (Å²) >= 11 is 0. The molecule has 2 aromatic carbocycles. The van der Waals surface area contributed by atoms with Crippen molar-refractivity contribution in [3.8, 4) is 0 Å². The molecule has 1 N–H and O–H groups in total. The largest absolute Gasteiger partial charge is 0.361 e. The Morgan fingerprint density at radius 1 is 0.857 bits per heavy atom. The number of benzene rings is 2. The zero-order chi connectivity index (χ0) is 14.5. The highest BCUT2D eigenvalue weighted by Gasteiger charge is 1.99. The van der Waals surface area contributed by atoms with Gasteiger partial charge in [0.1, 0.15) is 0 Å². The zero-order valence-corrected chi connectivity index (χ0v) is 11.5. The molecule has 0 saturated carbocycles. The first-order valence-electron chi connectivity index (χ1n) is 6.84. The second-order valence-corrected chi connectivity index (χ2v) is 4.77. The number of aromatic nitrogens is 1. The minimum atomic E-state index is -0.0239. The number of carbonyl (C=O) groups excluding carboxylic acids is 1. The van der Waals surface area contributed by atoms with Crippen LogP contribution in [0.3, 0.4) is 0 Å². The Bertz CT molecular complexity index is 810. The summed E-state index contributed by atoms with van der Waals surface area (Å²) in [4.78, 5) is 15.1. The number of hydrogen-bond donors (Lipinski definition) is 1. The quantitative estimate of drug-likeness (QED) is 0.699. The van der Waals surface area contributed by atoms with Gasteiger partial charge in [0.25, 0.3) is 0 Å². The van der Waals surface area contributed by atoms with Gasteiger partial charge in [-0.1, -0.05) is 54.6 Å². The van der Waals surface area contributed by atoms with E-state index in [1.165, 1.54) is 0 Å². The standard InChI is InChI=1S/C19H15NO/c21-17(12-10-15-6-2-1-3-7-15)13-11-16-14-20-19-9-5-4-8-18(16)19/h1-14,20H. The van der Waals surface area contributed by atoms with Crippen molar-refractivity contribution in [3.05, 3.63) is 84.1 Å². The number of carbonyl (C=O) groups is 1. The SMILES string of the molecule is O=C(C=Cc1ccccc1)C=Cc1c[nH]c2ccccc12. The summed E-state index contributed by atoms with van der Waals surface area (Å²) in [5.41, 5.74) is 3.11. The van der Waals surface area contributed by atoms with Gasteiger partial charge in [0.05, 0.1) is 0 Å². The number of rotatable bonds is 4. The van der Waals surface area contributed by atoms with Crippen molar-refractivity contribution in [2.45, 2.75) is 0 Å². The molecule has 0 bridgehead atoms. The van der Waals surface area contributed by atoms with E-state index in [2.05, 4.69) is 4.98 Å².